The molecule has 4 aromatic rings. The van der Waals surface area contributed by atoms with Crippen molar-refractivity contribution in [3.05, 3.63) is 143 Å². The van der Waals surface area contributed by atoms with Crippen LogP contribution in [0, 0.1) is 11.6 Å². The zero-order valence-corrected chi connectivity index (χ0v) is 29.1. The molecule has 0 spiro atoms. The van der Waals surface area contributed by atoms with E-state index < -0.39 is 61.3 Å². The SMILES string of the molecule is O=C(OCc1ccccc1)N1CC[C@@H](OC(F)F)C[C@H]1c1ccc(F)cc1.O=C(OCc1ccccc1)N1CC[C@H](OC(F)F)C[C@@H]1c1ccc(F)cc1. The molecule has 0 N–H and O–H groups in total. The Balaban J connectivity index is 0.000000208. The Kier molecular flexibility index (Phi) is 14.7. The molecule has 0 bridgehead atoms. The minimum absolute atomic E-state index is 0.114. The second kappa shape index (κ2) is 19.8. The third-order valence-corrected chi connectivity index (χ3v) is 9.09. The van der Waals surface area contributed by atoms with Gasteiger partial charge in [0.05, 0.1) is 24.3 Å². The highest BCUT2D eigenvalue weighted by atomic mass is 19.3. The fraction of sp³-hybridized carbons (Fsp3) is 0.350. The van der Waals surface area contributed by atoms with Crippen molar-refractivity contribution in [1.82, 2.24) is 9.80 Å². The highest BCUT2D eigenvalue weighted by molar-refractivity contribution is 5.69. The number of carbonyl (C=O) groups excluding carboxylic acids is 2. The number of rotatable bonds is 10. The molecule has 0 aromatic heterocycles. The normalized spacial score (nSPS) is 19.9. The molecule has 0 radical (unpaired) electrons. The van der Waals surface area contributed by atoms with Crippen LogP contribution in [-0.4, -0.2) is 60.5 Å². The van der Waals surface area contributed by atoms with Crippen molar-refractivity contribution >= 4 is 12.2 Å². The number of carbonyl (C=O) groups is 2. The van der Waals surface area contributed by atoms with Crippen LogP contribution < -0.4 is 0 Å². The third-order valence-electron chi connectivity index (χ3n) is 9.09. The summed E-state index contributed by atoms with van der Waals surface area (Å²) in [4.78, 5) is 28.2. The molecule has 6 rings (SSSR count). The van der Waals surface area contributed by atoms with Gasteiger partial charge in [0.15, 0.2) is 0 Å². The highest BCUT2D eigenvalue weighted by Gasteiger charge is 2.36. The van der Waals surface area contributed by atoms with Gasteiger partial charge in [-0.1, -0.05) is 84.9 Å². The Morgan fingerprint density at radius 2 is 0.907 bits per heavy atom. The summed E-state index contributed by atoms with van der Waals surface area (Å²) in [5, 5.41) is 0. The van der Waals surface area contributed by atoms with Crippen LogP contribution in [0.5, 0.6) is 0 Å². The van der Waals surface area contributed by atoms with E-state index in [1.807, 2.05) is 60.7 Å². The molecule has 2 fully saturated rings. The number of halogens is 6. The maximum absolute atomic E-state index is 13.2. The van der Waals surface area contributed by atoms with Crippen LogP contribution in [0.15, 0.2) is 109 Å². The Labute approximate surface area is 309 Å². The van der Waals surface area contributed by atoms with E-state index in [1.165, 1.54) is 34.1 Å². The first-order chi connectivity index (χ1) is 26.0. The second-order valence-electron chi connectivity index (χ2n) is 12.7. The van der Waals surface area contributed by atoms with Gasteiger partial charge in [0.25, 0.3) is 0 Å². The van der Waals surface area contributed by atoms with Gasteiger partial charge in [-0.2, -0.15) is 17.6 Å². The first-order valence-electron chi connectivity index (χ1n) is 17.4. The van der Waals surface area contributed by atoms with Gasteiger partial charge in [-0.15, -0.1) is 0 Å². The van der Waals surface area contributed by atoms with Crippen LogP contribution >= 0.6 is 0 Å². The third kappa shape index (κ3) is 12.0. The highest BCUT2D eigenvalue weighted by Crippen LogP contribution is 2.35. The maximum atomic E-state index is 13.2. The Hall–Kier alpha value is -5.08. The average Bonchev–Trinajstić information content (AvgIpc) is 3.17. The lowest BCUT2D eigenvalue weighted by molar-refractivity contribution is -0.176. The lowest BCUT2D eigenvalue weighted by Crippen LogP contribution is -2.43. The van der Waals surface area contributed by atoms with Crippen molar-refractivity contribution < 1.29 is 54.9 Å². The molecule has 4 aromatic carbocycles. The lowest BCUT2D eigenvalue weighted by atomic mass is 9.93. The molecule has 0 aliphatic carbocycles. The van der Waals surface area contributed by atoms with E-state index in [-0.39, 0.29) is 52.0 Å². The van der Waals surface area contributed by atoms with Gasteiger partial charge in [0.1, 0.15) is 24.8 Å². The average molecular weight is 759 g/mol. The van der Waals surface area contributed by atoms with Gasteiger partial charge >= 0.3 is 25.4 Å². The van der Waals surface area contributed by atoms with Crippen LogP contribution in [-0.2, 0) is 32.2 Å². The molecule has 2 amide bonds. The number of hydrogen-bond donors (Lipinski definition) is 0. The lowest BCUT2D eigenvalue weighted by Gasteiger charge is -2.38. The molecule has 2 heterocycles. The Morgan fingerprint density at radius 3 is 1.24 bits per heavy atom. The fourth-order valence-electron chi connectivity index (χ4n) is 6.45. The van der Waals surface area contributed by atoms with Crippen molar-refractivity contribution in [3.8, 4) is 0 Å². The second-order valence-corrected chi connectivity index (χ2v) is 12.7. The number of benzene rings is 4. The summed E-state index contributed by atoms with van der Waals surface area (Å²) in [5.41, 5.74) is 2.99. The molecule has 0 unspecified atom stereocenters. The number of piperidine rings is 2. The maximum Gasteiger partial charge on any atom is 0.410 e. The molecule has 2 saturated heterocycles. The molecular weight excluding hydrogens is 718 g/mol. The Bertz CT molecular complexity index is 1610. The van der Waals surface area contributed by atoms with Gasteiger partial charge in [0.2, 0.25) is 0 Å². The Morgan fingerprint density at radius 1 is 0.556 bits per heavy atom. The zero-order valence-electron chi connectivity index (χ0n) is 29.1. The molecule has 2 aliphatic heterocycles. The predicted octanol–water partition coefficient (Wildman–Crippen LogP) is 9.81. The van der Waals surface area contributed by atoms with Gasteiger partial charge in [-0.25, -0.2) is 18.4 Å². The molecule has 0 saturated carbocycles. The van der Waals surface area contributed by atoms with Gasteiger partial charge in [0, 0.05) is 13.1 Å². The monoisotopic (exact) mass is 758 g/mol. The van der Waals surface area contributed by atoms with E-state index in [9.17, 15) is 35.9 Å². The molecule has 4 atom stereocenters. The molecule has 2 aliphatic rings. The summed E-state index contributed by atoms with van der Waals surface area (Å²) in [6.07, 6.45) is -1.50. The van der Waals surface area contributed by atoms with Gasteiger partial charge in [-0.3, -0.25) is 0 Å². The van der Waals surface area contributed by atoms with Crippen molar-refractivity contribution in [2.45, 2.75) is 76.4 Å². The molecular formula is C40H40F6N2O6. The first kappa shape index (κ1) is 40.1. The molecule has 8 nitrogen and oxygen atoms in total. The van der Waals surface area contributed by atoms with Crippen molar-refractivity contribution in [3.63, 3.8) is 0 Å². The number of ether oxygens (including phenoxy) is 4. The van der Waals surface area contributed by atoms with E-state index in [4.69, 9.17) is 9.47 Å². The topological polar surface area (TPSA) is 77.5 Å². The smallest absolute Gasteiger partial charge is 0.410 e. The van der Waals surface area contributed by atoms with Crippen molar-refractivity contribution in [2.24, 2.45) is 0 Å². The van der Waals surface area contributed by atoms with E-state index in [0.29, 0.717) is 11.1 Å². The van der Waals surface area contributed by atoms with Gasteiger partial charge < -0.3 is 28.7 Å². The molecule has 288 valence electrons. The summed E-state index contributed by atoms with van der Waals surface area (Å²) in [6, 6.07) is 28.7. The van der Waals surface area contributed by atoms with Crippen LogP contribution in [0.3, 0.4) is 0 Å². The van der Waals surface area contributed by atoms with Crippen molar-refractivity contribution in [2.75, 3.05) is 13.1 Å². The van der Waals surface area contributed by atoms with E-state index in [1.54, 1.807) is 24.3 Å². The van der Waals surface area contributed by atoms with Crippen LogP contribution in [0.4, 0.5) is 35.9 Å². The number of likely N-dealkylation sites (tertiary alicyclic amines) is 2. The van der Waals surface area contributed by atoms with Gasteiger partial charge in [-0.05, 0) is 72.2 Å². The van der Waals surface area contributed by atoms with Crippen LogP contribution in [0.1, 0.15) is 60.0 Å². The number of nitrogens with zero attached hydrogens (tertiary/aromatic N) is 2. The minimum atomic E-state index is -2.87. The number of hydrogen-bond acceptors (Lipinski definition) is 6. The quantitative estimate of drug-likeness (QED) is 0.150. The van der Waals surface area contributed by atoms with Crippen LogP contribution in [0.25, 0.3) is 0 Å². The summed E-state index contributed by atoms with van der Waals surface area (Å²) in [7, 11) is 0. The largest absolute Gasteiger partial charge is 0.445 e. The number of amides is 2. The van der Waals surface area contributed by atoms with Crippen LogP contribution in [0.2, 0.25) is 0 Å². The molecule has 54 heavy (non-hydrogen) atoms. The summed E-state index contributed by atoms with van der Waals surface area (Å²) in [5.74, 6) is -0.818. The minimum Gasteiger partial charge on any atom is -0.445 e. The zero-order chi connectivity index (χ0) is 38.5. The van der Waals surface area contributed by atoms with E-state index in [0.717, 1.165) is 11.1 Å². The fourth-order valence-corrected chi connectivity index (χ4v) is 6.45. The van der Waals surface area contributed by atoms with E-state index >= 15 is 0 Å². The van der Waals surface area contributed by atoms with E-state index in [2.05, 4.69) is 9.47 Å². The summed E-state index contributed by atoms with van der Waals surface area (Å²) >= 11 is 0. The molecule has 14 heteroatoms. The predicted molar refractivity (Wildman–Crippen MR) is 185 cm³/mol. The summed E-state index contributed by atoms with van der Waals surface area (Å²) in [6.45, 7) is -5.09. The number of alkyl halides is 4. The first-order valence-corrected chi connectivity index (χ1v) is 17.4. The standard InChI is InChI=1S/2C20H20F3NO3/c2*21-16-8-6-15(7-9-16)18-12-17(27-19(22)23)10-11-24(18)20(25)26-13-14-4-2-1-3-5-14/h2*1-9,17-19H,10-13H2/t2*17-,18+/m10/s1. The summed E-state index contributed by atoms with van der Waals surface area (Å²) < 4.78 is 96.9. The van der Waals surface area contributed by atoms with Crippen molar-refractivity contribution in [1.29, 1.82) is 0 Å².